The molecule has 1 aliphatic rings. The molecule has 0 fully saturated rings. The van der Waals surface area contributed by atoms with E-state index in [0.717, 1.165) is 5.56 Å². The summed E-state index contributed by atoms with van der Waals surface area (Å²) < 4.78 is 12.3. The number of hydrogen-bond acceptors (Lipinski definition) is 7. The van der Waals surface area contributed by atoms with E-state index in [1.807, 2.05) is 12.1 Å². The number of esters is 1. The minimum absolute atomic E-state index is 0.220. The molecule has 34 heavy (non-hydrogen) atoms. The molecule has 5 rings (SSSR count). The lowest BCUT2D eigenvalue weighted by molar-refractivity contribution is -0.136. The van der Waals surface area contributed by atoms with Gasteiger partial charge in [-0.25, -0.2) is 19.5 Å². The Kier molecular flexibility index (Phi) is 5.92. The summed E-state index contributed by atoms with van der Waals surface area (Å²) in [7, 11) is 0. The standard InChI is InChI=1S/C24H18ClN5O4/c25-18-7-4-16(5-8-18)19-13-20(21-3-1-12-33-21)30(28-19)23(31)15-34-24(32)17-6-9-22(26-14-17)29-11-2-10-27-29/h1-12,14,20H,13,15H2/t20-/m1/s1. The van der Waals surface area contributed by atoms with Crippen LogP contribution in [0.2, 0.25) is 5.02 Å². The summed E-state index contributed by atoms with van der Waals surface area (Å²) in [4.78, 5) is 29.6. The van der Waals surface area contributed by atoms with Crippen molar-refractivity contribution in [2.24, 2.45) is 5.10 Å². The molecule has 1 aromatic carbocycles. The second kappa shape index (κ2) is 9.32. The molecule has 1 amide bonds. The molecule has 0 aliphatic carbocycles. The molecule has 0 bridgehead atoms. The Balaban J connectivity index is 1.28. The molecule has 0 radical (unpaired) electrons. The third kappa shape index (κ3) is 4.46. The summed E-state index contributed by atoms with van der Waals surface area (Å²) in [5.41, 5.74) is 1.77. The van der Waals surface area contributed by atoms with Gasteiger partial charge in [0.15, 0.2) is 12.4 Å². The van der Waals surface area contributed by atoms with Gasteiger partial charge in [-0.2, -0.15) is 10.2 Å². The summed E-state index contributed by atoms with van der Waals surface area (Å²) in [5, 5.41) is 10.5. The monoisotopic (exact) mass is 475 g/mol. The molecule has 0 spiro atoms. The molecule has 0 saturated heterocycles. The average Bonchev–Trinajstić information content (AvgIpc) is 3.64. The van der Waals surface area contributed by atoms with Gasteiger partial charge in [0.25, 0.3) is 5.91 Å². The van der Waals surface area contributed by atoms with Gasteiger partial charge in [0.1, 0.15) is 11.8 Å². The first-order chi connectivity index (χ1) is 16.6. The highest BCUT2D eigenvalue weighted by molar-refractivity contribution is 6.30. The quantitative estimate of drug-likeness (QED) is 0.390. The molecule has 0 unspecified atom stereocenters. The number of furan rings is 1. The van der Waals surface area contributed by atoms with Gasteiger partial charge in [0, 0.05) is 30.0 Å². The summed E-state index contributed by atoms with van der Waals surface area (Å²) in [6, 6.07) is 15.3. The minimum Gasteiger partial charge on any atom is -0.467 e. The second-order valence-electron chi connectivity index (χ2n) is 7.46. The van der Waals surface area contributed by atoms with E-state index >= 15 is 0 Å². The van der Waals surface area contributed by atoms with Crippen LogP contribution in [0.4, 0.5) is 0 Å². The lowest BCUT2D eigenvalue weighted by Crippen LogP contribution is -2.31. The minimum atomic E-state index is -0.663. The number of carbonyl (C=O) groups excluding carboxylic acids is 2. The molecule has 9 nitrogen and oxygen atoms in total. The zero-order valence-electron chi connectivity index (χ0n) is 17.7. The number of halogens is 1. The fourth-order valence-electron chi connectivity index (χ4n) is 3.58. The summed E-state index contributed by atoms with van der Waals surface area (Å²) in [6.45, 7) is -0.478. The van der Waals surface area contributed by atoms with Crippen LogP contribution in [0.25, 0.3) is 5.82 Å². The van der Waals surface area contributed by atoms with Crippen LogP contribution in [0.15, 0.2) is 89.0 Å². The van der Waals surface area contributed by atoms with E-state index in [-0.39, 0.29) is 5.56 Å². The SMILES string of the molecule is O=C(OCC(=O)N1N=C(c2ccc(Cl)cc2)C[C@@H]1c1ccco1)c1ccc(-n2cccn2)nc1. The number of carbonyl (C=O) groups is 2. The number of nitrogens with zero attached hydrogens (tertiary/aromatic N) is 5. The summed E-state index contributed by atoms with van der Waals surface area (Å²) >= 11 is 5.99. The largest absolute Gasteiger partial charge is 0.467 e. The first-order valence-corrected chi connectivity index (χ1v) is 10.8. The van der Waals surface area contributed by atoms with E-state index in [9.17, 15) is 9.59 Å². The Morgan fingerprint density at radius 3 is 2.65 bits per heavy atom. The average molecular weight is 476 g/mol. The van der Waals surface area contributed by atoms with E-state index in [1.165, 1.54) is 17.5 Å². The van der Waals surface area contributed by atoms with Crippen LogP contribution in [0, 0.1) is 0 Å². The Labute approximate surface area is 199 Å². The van der Waals surface area contributed by atoms with Crippen LogP contribution in [-0.4, -0.2) is 44.0 Å². The van der Waals surface area contributed by atoms with E-state index in [2.05, 4.69) is 15.2 Å². The number of hydrazone groups is 1. The maximum absolute atomic E-state index is 13.0. The summed E-state index contributed by atoms with van der Waals surface area (Å²) in [5.74, 6) is 0.00852. The van der Waals surface area contributed by atoms with Crippen molar-refractivity contribution in [1.82, 2.24) is 19.8 Å². The van der Waals surface area contributed by atoms with Crippen LogP contribution >= 0.6 is 11.6 Å². The predicted octanol–water partition coefficient (Wildman–Crippen LogP) is 4.05. The number of benzene rings is 1. The number of ether oxygens (including phenoxy) is 1. The predicted molar refractivity (Wildman–Crippen MR) is 123 cm³/mol. The zero-order valence-corrected chi connectivity index (χ0v) is 18.5. The highest BCUT2D eigenvalue weighted by atomic mass is 35.5. The molecule has 0 N–H and O–H groups in total. The molecule has 0 saturated carbocycles. The highest BCUT2D eigenvalue weighted by Crippen LogP contribution is 2.33. The Hall–Kier alpha value is -4.24. The van der Waals surface area contributed by atoms with Crippen LogP contribution in [0.1, 0.15) is 34.1 Å². The second-order valence-corrected chi connectivity index (χ2v) is 7.90. The molecule has 10 heteroatoms. The molecule has 3 aromatic heterocycles. The van der Waals surface area contributed by atoms with Gasteiger partial charge in [0.05, 0.1) is 17.5 Å². The van der Waals surface area contributed by atoms with E-state index in [0.29, 0.717) is 28.7 Å². The number of rotatable bonds is 6. The third-order valence-corrected chi connectivity index (χ3v) is 5.52. The number of hydrogen-bond donors (Lipinski definition) is 0. The molecule has 4 aromatic rings. The number of aromatic nitrogens is 3. The normalized spacial score (nSPS) is 15.3. The van der Waals surface area contributed by atoms with Crippen LogP contribution in [-0.2, 0) is 9.53 Å². The van der Waals surface area contributed by atoms with Crippen LogP contribution in [0.3, 0.4) is 0 Å². The Bertz CT molecular complexity index is 1320. The van der Waals surface area contributed by atoms with Gasteiger partial charge in [-0.1, -0.05) is 23.7 Å². The van der Waals surface area contributed by atoms with Crippen molar-refractivity contribution >= 4 is 29.2 Å². The van der Waals surface area contributed by atoms with Gasteiger partial charge in [0.2, 0.25) is 0 Å². The van der Waals surface area contributed by atoms with Gasteiger partial charge in [-0.3, -0.25) is 4.79 Å². The number of pyridine rings is 1. The molecule has 170 valence electrons. The lowest BCUT2D eigenvalue weighted by Gasteiger charge is -2.19. The topological polar surface area (TPSA) is 103 Å². The van der Waals surface area contributed by atoms with Crippen LogP contribution in [0.5, 0.6) is 0 Å². The van der Waals surface area contributed by atoms with Crippen molar-refractivity contribution in [1.29, 1.82) is 0 Å². The van der Waals surface area contributed by atoms with E-state index < -0.39 is 24.5 Å². The molecule has 1 aliphatic heterocycles. The van der Waals surface area contributed by atoms with Gasteiger partial charge in [-0.05, 0) is 48.0 Å². The lowest BCUT2D eigenvalue weighted by atomic mass is 10.0. The van der Waals surface area contributed by atoms with Crippen molar-refractivity contribution in [3.05, 3.63) is 101 Å². The molecule has 1 atom stereocenters. The molecule has 4 heterocycles. The maximum Gasteiger partial charge on any atom is 0.340 e. The smallest absolute Gasteiger partial charge is 0.340 e. The van der Waals surface area contributed by atoms with Crippen molar-refractivity contribution in [2.45, 2.75) is 12.5 Å². The van der Waals surface area contributed by atoms with Crippen molar-refractivity contribution in [3.63, 3.8) is 0 Å². The third-order valence-electron chi connectivity index (χ3n) is 5.26. The Morgan fingerprint density at radius 1 is 1.12 bits per heavy atom. The highest BCUT2D eigenvalue weighted by Gasteiger charge is 2.35. The number of amides is 1. The Morgan fingerprint density at radius 2 is 1.97 bits per heavy atom. The molecular weight excluding hydrogens is 458 g/mol. The van der Waals surface area contributed by atoms with E-state index in [1.54, 1.807) is 59.5 Å². The van der Waals surface area contributed by atoms with Crippen molar-refractivity contribution in [3.8, 4) is 5.82 Å². The van der Waals surface area contributed by atoms with Gasteiger partial charge in [-0.15, -0.1) is 0 Å². The van der Waals surface area contributed by atoms with Crippen molar-refractivity contribution in [2.75, 3.05) is 6.61 Å². The fraction of sp³-hybridized carbons (Fsp3) is 0.125. The van der Waals surface area contributed by atoms with E-state index in [4.69, 9.17) is 20.8 Å². The summed E-state index contributed by atoms with van der Waals surface area (Å²) in [6.07, 6.45) is 6.74. The fourth-order valence-corrected chi connectivity index (χ4v) is 3.71. The first-order valence-electron chi connectivity index (χ1n) is 10.4. The zero-order chi connectivity index (χ0) is 23.5. The van der Waals surface area contributed by atoms with Crippen LogP contribution < -0.4 is 0 Å². The van der Waals surface area contributed by atoms with Gasteiger partial charge < -0.3 is 9.15 Å². The van der Waals surface area contributed by atoms with Crippen molar-refractivity contribution < 1.29 is 18.7 Å². The maximum atomic E-state index is 13.0. The molecular formula is C24H18ClN5O4. The first kappa shape index (κ1) is 21.6. The van der Waals surface area contributed by atoms with Gasteiger partial charge >= 0.3 is 5.97 Å².